The van der Waals surface area contributed by atoms with Gasteiger partial charge in [-0.25, -0.2) is 13.8 Å². The van der Waals surface area contributed by atoms with E-state index < -0.39 is 22.5 Å². The highest BCUT2D eigenvalue weighted by Gasteiger charge is 2.27. The molecular formula is C22H17BrCl3N3O4S. The number of benzene rings is 3. The summed E-state index contributed by atoms with van der Waals surface area (Å²) in [4.78, 5) is 12.5. The van der Waals surface area contributed by atoms with E-state index >= 15 is 0 Å². The smallest absolute Gasteiger partial charge is 0.255 e. The second-order valence-electron chi connectivity index (χ2n) is 6.96. The summed E-state index contributed by atoms with van der Waals surface area (Å²) in [5.41, 5.74) is 3.09. The monoisotopic (exact) mass is 603 g/mol. The van der Waals surface area contributed by atoms with Crippen LogP contribution in [0.5, 0.6) is 5.75 Å². The van der Waals surface area contributed by atoms with Gasteiger partial charge in [-0.1, -0.05) is 56.8 Å². The Bertz CT molecular complexity index is 1340. The van der Waals surface area contributed by atoms with Crippen molar-refractivity contribution in [3.63, 3.8) is 0 Å². The number of aromatic hydroxyl groups is 1. The normalized spacial score (nSPS) is 11.8. The number of nitrogens with one attached hydrogen (secondary N) is 1. The number of carbonyl (C=O) groups excluding carboxylic acids is 1. The molecular weight excluding hydrogens is 589 g/mol. The molecule has 0 aliphatic carbocycles. The van der Waals surface area contributed by atoms with Crippen LogP contribution in [-0.2, 0) is 21.4 Å². The maximum atomic E-state index is 13.3. The number of phenols is 1. The van der Waals surface area contributed by atoms with Gasteiger partial charge in [0.1, 0.15) is 5.75 Å². The number of nitrogens with zero attached hydrogens (tertiary/aromatic N) is 2. The first-order chi connectivity index (χ1) is 16.1. The van der Waals surface area contributed by atoms with E-state index in [2.05, 4.69) is 26.5 Å². The van der Waals surface area contributed by atoms with Crippen LogP contribution < -0.4 is 5.43 Å². The maximum Gasteiger partial charge on any atom is 0.255 e. The van der Waals surface area contributed by atoms with Crippen LogP contribution >= 0.6 is 50.7 Å². The van der Waals surface area contributed by atoms with E-state index in [0.717, 1.165) is 4.31 Å². The third kappa shape index (κ3) is 6.94. The summed E-state index contributed by atoms with van der Waals surface area (Å²) in [5.74, 6) is -0.737. The van der Waals surface area contributed by atoms with Crippen LogP contribution in [0.25, 0.3) is 0 Å². The summed E-state index contributed by atoms with van der Waals surface area (Å²) in [6, 6.07) is 14.9. The third-order valence-corrected chi connectivity index (χ3v) is 7.65. The molecule has 0 bridgehead atoms. The molecule has 7 nitrogen and oxygen atoms in total. The van der Waals surface area contributed by atoms with Crippen molar-refractivity contribution in [1.82, 2.24) is 9.73 Å². The van der Waals surface area contributed by atoms with Gasteiger partial charge in [-0.15, -0.1) is 0 Å². The number of hydrogen-bond acceptors (Lipinski definition) is 5. The van der Waals surface area contributed by atoms with Crippen molar-refractivity contribution in [2.24, 2.45) is 5.10 Å². The Morgan fingerprint density at radius 2 is 1.71 bits per heavy atom. The van der Waals surface area contributed by atoms with Gasteiger partial charge in [0.2, 0.25) is 10.0 Å². The molecule has 0 fully saturated rings. The topological polar surface area (TPSA) is 99.1 Å². The minimum atomic E-state index is -4.10. The van der Waals surface area contributed by atoms with Gasteiger partial charge in [0.05, 0.1) is 17.7 Å². The number of halogens is 4. The first-order valence-electron chi connectivity index (χ1n) is 9.56. The predicted molar refractivity (Wildman–Crippen MR) is 137 cm³/mol. The Labute approximate surface area is 220 Å². The summed E-state index contributed by atoms with van der Waals surface area (Å²) in [7, 11) is -4.10. The Balaban J connectivity index is 1.84. The second-order valence-corrected chi connectivity index (χ2v) is 11.1. The fourth-order valence-corrected chi connectivity index (χ4v) is 5.17. The average molecular weight is 606 g/mol. The number of rotatable bonds is 8. The lowest BCUT2D eigenvalue weighted by Crippen LogP contribution is -2.39. The van der Waals surface area contributed by atoms with E-state index in [1.165, 1.54) is 42.6 Å². The molecule has 0 saturated carbocycles. The lowest BCUT2D eigenvalue weighted by atomic mass is 10.2. The Morgan fingerprint density at radius 1 is 1.03 bits per heavy atom. The first kappa shape index (κ1) is 26.5. The van der Waals surface area contributed by atoms with Crippen LogP contribution in [0.3, 0.4) is 0 Å². The summed E-state index contributed by atoms with van der Waals surface area (Å²) in [6.07, 6.45) is 1.24. The van der Waals surface area contributed by atoms with Gasteiger partial charge in [-0.3, -0.25) is 4.79 Å². The van der Waals surface area contributed by atoms with Crippen LogP contribution in [0.4, 0.5) is 0 Å². The zero-order chi connectivity index (χ0) is 24.9. The third-order valence-electron chi connectivity index (χ3n) is 4.52. The lowest BCUT2D eigenvalue weighted by Gasteiger charge is -2.22. The zero-order valence-electron chi connectivity index (χ0n) is 17.3. The van der Waals surface area contributed by atoms with Crippen molar-refractivity contribution >= 4 is 72.9 Å². The SMILES string of the molecule is O=C(CN(Cc1ccc(Cl)cc1Cl)S(=O)(=O)c1ccc(Cl)cc1)N/N=C\c1cc(Br)ccc1O. The van der Waals surface area contributed by atoms with Crippen LogP contribution in [-0.4, -0.2) is 36.5 Å². The number of hydrazone groups is 1. The molecule has 2 N–H and O–H groups in total. The van der Waals surface area contributed by atoms with Crippen LogP contribution in [0, 0.1) is 0 Å². The van der Waals surface area contributed by atoms with Gasteiger partial charge in [-0.2, -0.15) is 9.41 Å². The molecule has 12 heteroatoms. The van der Waals surface area contributed by atoms with E-state index in [4.69, 9.17) is 34.8 Å². The van der Waals surface area contributed by atoms with Crippen molar-refractivity contribution in [2.75, 3.05) is 6.54 Å². The van der Waals surface area contributed by atoms with Gasteiger partial charge in [0.15, 0.2) is 0 Å². The number of hydrogen-bond donors (Lipinski definition) is 2. The van der Waals surface area contributed by atoms with Gasteiger partial charge in [0.25, 0.3) is 5.91 Å². The molecule has 0 saturated heterocycles. The van der Waals surface area contributed by atoms with Crippen molar-refractivity contribution in [3.8, 4) is 5.75 Å². The molecule has 0 radical (unpaired) electrons. The predicted octanol–water partition coefficient (Wildman–Crippen LogP) is 5.46. The van der Waals surface area contributed by atoms with Crippen LogP contribution in [0.2, 0.25) is 15.1 Å². The fraction of sp³-hybridized carbons (Fsp3) is 0.0909. The van der Waals surface area contributed by atoms with E-state index in [1.807, 2.05) is 0 Å². The molecule has 0 aliphatic heterocycles. The number of sulfonamides is 1. The van der Waals surface area contributed by atoms with Crippen LogP contribution in [0.15, 0.2) is 75.1 Å². The average Bonchev–Trinajstić information content (AvgIpc) is 2.77. The maximum absolute atomic E-state index is 13.3. The van der Waals surface area contributed by atoms with Crippen molar-refractivity contribution in [1.29, 1.82) is 0 Å². The van der Waals surface area contributed by atoms with Crippen molar-refractivity contribution in [2.45, 2.75) is 11.4 Å². The number of phenolic OH excluding ortho intramolecular Hbond substituents is 1. The number of amides is 1. The van der Waals surface area contributed by atoms with Gasteiger partial charge in [-0.05, 0) is 60.2 Å². The Kier molecular flexibility index (Phi) is 8.97. The first-order valence-corrected chi connectivity index (χ1v) is 12.9. The van der Waals surface area contributed by atoms with Gasteiger partial charge >= 0.3 is 0 Å². The summed E-state index contributed by atoms with van der Waals surface area (Å²) < 4.78 is 28.3. The molecule has 178 valence electrons. The molecule has 3 rings (SSSR count). The molecule has 0 aliphatic rings. The number of carbonyl (C=O) groups is 1. The zero-order valence-corrected chi connectivity index (χ0v) is 21.9. The quantitative estimate of drug-likeness (QED) is 0.263. The van der Waals surface area contributed by atoms with E-state index in [1.54, 1.807) is 24.3 Å². The molecule has 3 aromatic carbocycles. The molecule has 1 amide bonds. The highest BCUT2D eigenvalue weighted by atomic mass is 79.9. The van der Waals surface area contributed by atoms with Gasteiger partial charge in [0, 0.05) is 31.6 Å². The summed E-state index contributed by atoms with van der Waals surface area (Å²) in [5, 5.41) is 14.7. The van der Waals surface area contributed by atoms with E-state index in [9.17, 15) is 18.3 Å². The lowest BCUT2D eigenvalue weighted by molar-refractivity contribution is -0.121. The molecule has 3 aromatic rings. The Morgan fingerprint density at radius 3 is 2.38 bits per heavy atom. The largest absolute Gasteiger partial charge is 0.507 e. The van der Waals surface area contributed by atoms with E-state index in [-0.39, 0.29) is 22.2 Å². The molecule has 0 spiro atoms. The minimum Gasteiger partial charge on any atom is -0.507 e. The molecule has 34 heavy (non-hydrogen) atoms. The fourth-order valence-electron chi connectivity index (χ4n) is 2.82. The molecule has 0 unspecified atom stereocenters. The highest BCUT2D eigenvalue weighted by molar-refractivity contribution is 9.10. The summed E-state index contributed by atoms with van der Waals surface area (Å²) >= 11 is 21.3. The summed E-state index contributed by atoms with van der Waals surface area (Å²) in [6.45, 7) is -0.740. The van der Waals surface area contributed by atoms with Crippen LogP contribution in [0.1, 0.15) is 11.1 Å². The second kappa shape index (κ2) is 11.5. The minimum absolute atomic E-state index is 0.0366. The molecule has 0 aromatic heterocycles. The molecule has 0 heterocycles. The standard InChI is InChI=1S/C22H17BrCl3N3O4S/c23-16-2-8-21(30)15(9-16)11-27-28-22(31)13-29(12-14-1-3-18(25)10-20(14)26)34(32,33)19-6-4-17(24)5-7-19/h1-11,30H,12-13H2,(H,28,31)/b27-11-. The highest BCUT2D eigenvalue weighted by Crippen LogP contribution is 2.26. The van der Waals surface area contributed by atoms with E-state index in [0.29, 0.717) is 25.6 Å². The van der Waals surface area contributed by atoms with Crippen molar-refractivity contribution in [3.05, 3.63) is 91.3 Å². The molecule has 0 atom stereocenters. The van der Waals surface area contributed by atoms with Crippen molar-refractivity contribution < 1.29 is 18.3 Å². The van der Waals surface area contributed by atoms with Gasteiger partial charge < -0.3 is 5.11 Å². The Hall–Kier alpha value is -2.14.